The van der Waals surface area contributed by atoms with E-state index in [1.165, 1.54) is 41.9 Å². The van der Waals surface area contributed by atoms with Gasteiger partial charge in [-0.15, -0.1) is 0 Å². The molecule has 3 fully saturated rings. The lowest BCUT2D eigenvalue weighted by atomic mass is 9.83. The monoisotopic (exact) mass is 350 g/mol. The predicted octanol–water partition coefficient (Wildman–Crippen LogP) is 0.898. The van der Waals surface area contributed by atoms with Crippen molar-refractivity contribution in [2.75, 3.05) is 14.2 Å². The van der Waals surface area contributed by atoms with Gasteiger partial charge in [-0.05, 0) is 27.7 Å². The van der Waals surface area contributed by atoms with E-state index in [0.717, 1.165) is 0 Å². The van der Waals surface area contributed by atoms with E-state index in [4.69, 9.17) is 40.0 Å². The number of hydrogen-bond acceptors (Lipinski definition) is 8. The lowest BCUT2D eigenvalue weighted by Gasteiger charge is -2.57. The molecule has 23 heavy (non-hydrogen) atoms. The number of ether oxygens (including phenoxy) is 6. The van der Waals surface area contributed by atoms with Crippen molar-refractivity contribution in [3.05, 3.63) is 0 Å². The normalized spacial score (nSPS) is 54.0. The van der Waals surface area contributed by atoms with Gasteiger partial charge in [0.05, 0.1) is 14.2 Å². The Bertz CT molecular complexity index is 589. The van der Waals surface area contributed by atoms with Crippen LogP contribution in [0.5, 0.6) is 0 Å². The number of rotatable bonds is 2. The molecule has 130 valence electrons. The Hall–Kier alpha value is -0.930. The average molecular weight is 351 g/mol. The third-order valence-corrected chi connectivity index (χ3v) is 5.12. The third-order valence-electron chi connectivity index (χ3n) is 4.77. The van der Waals surface area contributed by atoms with Crippen molar-refractivity contribution in [1.29, 1.82) is 0 Å². The van der Waals surface area contributed by atoms with Crippen molar-refractivity contribution in [3.63, 3.8) is 0 Å². The van der Waals surface area contributed by atoms with Gasteiger partial charge in [-0.3, -0.25) is 4.79 Å². The fourth-order valence-corrected chi connectivity index (χ4v) is 4.58. The molecule has 3 bridgehead atoms. The Morgan fingerprint density at radius 2 is 1.43 bits per heavy atom. The van der Waals surface area contributed by atoms with Crippen LogP contribution in [0.3, 0.4) is 0 Å². The van der Waals surface area contributed by atoms with Gasteiger partial charge in [0.2, 0.25) is 5.79 Å². The maximum atomic E-state index is 12.6. The lowest BCUT2D eigenvalue weighted by Crippen LogP contribution is -2.77. The quantitative estimate of drug-likeness (QED) is 0.536. The summed E-state index contributed by atoms with van der Waals surface area (Å²) < 4.78 is 33.2. The first kappa shape index (κ1) is 16.9. The first-order valence-electron chi connectivity index (χ1n) is 7.07. The molecule has 0 aromatic heterocycles. The van der Waals surface area contributed by atoms with Gasteiger partial charge in [-0.2, -0.15) is 0 Å². The molecule has 3 aliphatic heterocycles. The minimum Gasteiger partial charge on any atom is -0.468 e. The third kappa shape index (κ3) is 1.70. The Morgan fingerprint density at radius 1 is 0.913 bits per heavy atom. The number of esters is 2. The van der Waals surface area contributed by atoms with E-state index in [0.29, 0.717) is 0 Å². The molecule has 8 nitrogen and oxygen atoms in total. The molecule has 0 aromatic carbocycles. The Morgan fingerprint density at radius 3 is 1.91 bits per heavy atom. The molecule has 0 radical (unpaired) electrons. The summed E-state index contributed by atoms with van der Waals surface area (Å²) >= 11 is 6.52. The highest BCUT2D eigenvalue weighted by Gasteiger charge is 2.88. The van der Waals surface area contributed by atoms with Crippen molar-refractivity contribution in [2.45, 2.75) is 55.7 Å². The summed E-state index contributed by atoms with van der Waals surface area (Å²) in [5.74, 6) is -7.29. The van der Waals surface area contributed by atoms with Gasteiger partial charge < -0.3 is 28.4 Å². The van der Waals surface area contributed by atoms with Crippen LogP contribution in [0.1, 0.15) is 27.7 Å². The van der Waals surface area contributed by atoms with E-state index in [-0.39, 0.29) is 0 Å². The Labute approximate surface area is 138 Å². The van der Waals surface area contributed by atoms with Crippen LogP contribution in [0.15, 0.2) is 0 Å². The fraction of sp³-hybridized carbons (Fsp3) is 0.857. The topological polar surface area (TPSA) is 89.5 Å². The largest absolute Gasteiger partial charge is 0.468 e. The second kappa shape index (κ2) is 4.37. The molecule has 3 rings (SSSR count). The molecule has 6 atom stereocenters. The van der Waals surface area contributed by atoms with Crippen LogP contribution >= 0.6 is 11.6 Å². The molecule has 9 heteroatoms. The molecule has 0 amide bonds. The molecule has 0 saturated carbocycles. The first-order valence-corrected chi connectivity index (χ1v) is 7.45. The first-order chi connectivity index (χ1) is 10.4. The zero-order valence-electron chi connectivity index (χ0n) is 13.7. The fourth-order valence-electron chi connectivity index (χ4n) is 4.14. The Balaban J connectivity index is 2.26. The summed E-state index contributed by atoms with van der Waals surface area (Å²) in [6.45, 7) is 5.99. The van der Waals surface area contributed by atoms with E-state index >= 15 is 0 Å². The number of alkyl halides is 1. The van der Waals surface area contributed by atoms with Gasteiger partial charge >= 0.3 is 11.9 Å². The molecule has 0 N–H and O–H groups in total. The van der Waals surface area contributed by atoms with Crippen molar-refractivity contribution in [2.24, 2.45) is 5.92 Å². The maximum Gasteiger partial charge on any atom is 0.348 e. The minimum atomic E-state index is -1.92. The second-order valence-corrected chi connectivity index (χ2v) is 7.15. The van der Waals surface area contributed by atoms with Gasteiger partial charge in [0.1, 0.15) is 0 Å². The summed E-state index contributed by atoms with van der Waals surface area (Å²) in [7, 11) is 2.41. The van der Waals surface area contributed by atoms with E-state index in [1.54, 1.807) is 0 Å². The number of methoxy groups -OCH3 is 2. The summed E-state index contributed by atoms with van der Waals surface area (Å²) in [4.78, 5) is 24.9. The minimum absolute atomic E-state index is 0.674. The van der Waals surface area contributed by atoms with E-state index in [1.807, 2.05) is 0 Å². The number of hydrogen-bond donors (Lipinski definition) is 0. The van der Waals surface area contributed by atoms with Crippen LogP contribution in [0.4, 0.5) is 0 Å². The second-order valence-electron chi connectivity index (χ2n) is 6.43. The molecular formula is C14H19ClO8. The highest BCUT2D eigenvalue weighted by Crippen LogP contribution is 2.66. The number of carbonyl (C=O) groups is 2. The van der Waals surface area contributed by atoms with Crippen molar-refractivity contribution in [3.8, 4) is 0 Å². The number of fused-ring (bicyclic) bond motifs is 2. The van der Waals surface area contributed by atoms with Crippen molar-refractivity contribution < 1.29 is 38.0 Å². The van der Waals surface area contributed by atoms with Gasteiger partial charge in [0.15, 0.2) is 22.6 Å². The zero-order chi connectivity index (χ0) is 17.5. The van der Waals surface area contributed by atoms with Crippen LogP contribution in [-0.4, -0.2) is 54.2 Å². The summed E-state index contributed by atoms with van der Waals surface area (Å²) in [5.41, 5.74) is -1.92. The van der Waals surface area contributed by atoms with E-state index in [2.05, 4.69) is 0 Å². The predicted molar refractivity (Wildman–Crippen MR) is 74.1 cm³/mol. The van der Waals surface area contributed by atoms with Gasteiger partial charge in [0.25, 0.3) is 5.60 Å². The highest BCUT2D eigenvalue weighted by atomic mass is 35.5. The highest BCUT2D eigenvalue weighted by molar-refractivity contribution is 6.25. The van der Waals surface area contributed by atoms with Crippen LogP contribution in [0.2, 0.25) is 0 Å². The van der Waals surface area contributed by atoms with E-state index in [9.17, 15) is 9.59 Å². The molecule has 0 spiro atoms. The molecule has 0 unspecified atom stereocenters. The van der Waals surface area contributed by atoms with Crippen LogP contribution in [0.25, 0.3) is 0 Å². The summed E-state index contributed by atoms with van der Waals surface area (Å²) in [6, 6.07) is 0. The standard InChI is InChI=1S/C14H19ClO8/c1-10-7(8(16)18-5)11(2)22-13(4,21-10)14(23-11,9(17)19-6)12(3,15)20-10/h7H,1-6H3/t7-,10+,11+,12+,13+,14-/m1/s1. The average Bonchev–Trinajstić information content (AvgIpc) is 2.58. The van der Waals surface area contributed by atoms with Crippen LogP contribution < -0.4 is 0 Å². The summed E-state index contributed by atoms with van der Waals surface area (Å²) in [5, 5.41) is -1.71. The van der Waals surface area contributed by atoms with Gasteiger partial charge in [-0.1, -0.05) is 11.6 Å². The number of carbonyl (C=O) groups excluding carboxylic acids is 2. The maximum absolute atomic E-state index is 12.6. The molecule has 0 aromatic rings. The van der Waals surface area contributed by atoms with Crippen molar-refractivity contribution >= 4 is 23.5 Å². The molecule has 3 aliphatic rings. The van der Waals surface area contributed by atoms with Crippen LogP contribution in [-0.2, 0) is 38.0 Å². The smallest absolute Gasteiger partial charge is 0.348 e. The molecule has 0 aliphatic carbocycles. The zero-order valence-corrected chi connectivity index (χ0v) is 14.5. The molecular weight excluding hydrogens is 332 g/mol. The SMILES string of the molecule is COC(=O)[C@H]1[C@@]2(C)O[C@]3(C)O[C@]1(C)O[C@](C)(Cl)[C@@]3(C(=O)OC)O2. The van der Waals surface area contributed by atoms with E-state index < -0.39 is 45.9 Å². The summed E-state index contributed by atoms with van der Waals surface area (Å²) in [6.07, 6.45) is 0. The van der Waals surface area contributed by atoms with Gasteiger partial charge in [0, 0.05) is 0 Å². The number of halogens is 1. The molecule has 3 saturated heterocycles. The van der Waals surface area contributed by atoms with Crippen molar-refractivity contribution in [1.82, 2.24) is 0 Å². The lowest BCUT2D eigenvalue weighted by molar-refractivity contribution is -0.466. The van der Waals surface area contributed by atoms with Crippen LogP contribution in [0, 0.1) is 5.92 Å². The van der Waals surface area contributed by atoms with Gasteiger partial charge in [-0.25, -0.2) is 4.79 Å². The molecule has 3 heterocycles. The Kier molecular flexibility index (Phi) is 3.21.